The molecule has 0 heterocycles. The highest BCUT2D eigenvalue weighted by atomic mass is 16.5. The molecular weight excluding hydrogens is 264 g/mol. The van der Waals surface area contributed by atoms with Crippen LogP contribution in [-0.2, 0) is 6.54 Å². The standard InChI is InChI=1S/C17H30N2O2/c1-6-19(7-2)11-10-18-13-15-8-9-16(21-14(3)4)17(12-15)20-5/h8-9,12,14,18H,6-7,10-11,13H2,1-5H3. The first-order valence-electron chi connectivity index (χ1n) is 7.87. The average Bonchev–Trinajstić information content (AvgIpc) is 2.48. The van der Waals surface area contributed by atoms with E-state index in [0.717, 1.165) is 44.2 Å². The number of hydrogen-bond donors (Lipinski definition) is 1. The van der Waals surface area contributed by atoms with Crippen molar-refractivity contribution in [1.82, 2.24) is 10.2 Å². The molecule has 0 amide bonds. The van der Waals surface area contributed by atoms with E-state index >= 15 is 0 Å². The summed E-state index contributed by atoms with van der Waals surface area (Å²) in [6.45, 7) is 13.6. The molecule has 0 aliphatic rings. The minimum absolute atomic E-state index is 0.150. The number of rotatable bonds is 10. The highest BCUT2D eigenvalue weighted by Crippen LogP contribution is 2.28. The van der Waals surface area contributed by atoms with Gasteiger partial charge in [0.05, 0.1) is 13.2 Å². The van der Waals surface area contributed by atoms with Crippen LogP contribution < -0.4 is 14.8 Å². The number of likely N-dealkylation sites (N-methyl/N-ethyl adjacent to an activating group) is 1. The van der Waals surface area contributed by atoms with Crippen LogP contribution in [0, 0.1) is 0 Å². The molecule has 0 saturated heterocycles. The van der Waals surface area contributed by atoms with Crippen LogP contribution in [0.4, 0.5) is 0 Å². The molecule has 4 nitrogen and oxygen atoms in total. The molecule has 0 aromatic heterocycles. The van der Waals surface area contributed by atoms with Crippen LogP contribution in [-0.4, -0.2) is 44.3 Å². The monoisotopic (exact) mass is 294 g/mol. The second-order valence-corrected chi connectivity index (χ2v) is 5.36. The van der Waals surface area contributed by atoms with Gasteiger partial charge in [0, 0.05) is 19.6 Å². The lowest BCUT2D eigenvalue weighted by Gasteiger charge is -2.18. The SMILES string of the molecule is CCN(CC)CCNCc1ccc(OC(C)C)c(OC)c1. The highest BCUT2D eigenvalue weighted by Gasteiger charge is 2.07. The lowest BCUT2D eigenvalue weighted by molar-refractivity contribution is 0.230. The highest BCUT2D eigenvalue weighted by molar-refractivity contribution is 5.43. The fourth-order valence-electron chi connectivity index (χ4n) is 2.18. The molecule has 4 heteroatoms. The fourth-order valence-corrected chi connectivity index (χ4v) is 2.18. The van der Waals surface area contributed by atoms with Gasteiger partial charge in [0.25, 0.3) is 0 Å². The van der Waals surface area contributed by atoms with Crippen molar-refractivity contribution in [3.05, 3.63) is 23.8 Å². The van der Waals surface area contributed by atoms with Crippen LogP contribution >= 0.6 is 0 Å². The van der Waals surface area contributed by atoms with E-state index in [2.05, 4.69) is 30.1 Å². The van der Waals surface area contributed by atoms with E-state index in [1.54, 1.807) is 7.11 Å². The molecule has 21 heavy (non-hydrogen) atoms. The maximum absolute atomic E-state index is 5.73. The Bertz CT molecular complexity index is 404. The molecule has 0 atom stereocenters. The number of nitrogens with one attached hydrogen (secondary N) is 1. The topological polar surface area (TPSA) is 33.7 Å². The summed E-state index contributed by atoms with van der Waals surface area (Å²) in [6, 6.07) is 6.12. The van der Waals surface area contributed by atoms with Crippen molar-refractivity contribution < 1.29 is 9.47 Å². The molecule has 0 saturated carbocycles. The minimum Gasteiger partial charge on any atom is -0.493 e. The molecule has 1 rings (SSSR count). The zero-order chi connectivity index (χ0) is 15.7. The third-order valence-corrected chi connectivity index (χ3v) is 3.42. The summed E-state index contributed by atoms with van der Waals surface area (Å²) in [5.41, 5.74) is 1.21. The predicted molar refractivity (Wildman–Crippen MR) is 88.3 cm³/mol. The van der Waals surface area contributed by atoms with Crippen molar-refractivity contribution in [2.24, 2.45) is 0 Å². The molecule has 0 bridgehead atoms. The summed E-state index contributed by atoms with van der Waals surface area (Å²) in [7, 11) is 1.68. The van der Waals surface area contributed by atoms with Gasteiger partial charge in [-0.3, -0.25) is 0 Å². The molecule has 0 spiro atoms. The van der Waals surface area contributed by atoms with Crippen LogP contribution in [0.5, 0.6) is 11.5 Å². The number of ether oxygens (including phenoxy) is 2. The second kappa shape index (κ2) is 9.64. The molecular formula is C17H30N2O2. The number of hydrogen-bond acceptors (Lipinski definition) is 4. The summed E-state index contributed by atoms with van der Waals surface area (Å²) < 4.78 is 11.1. The van der Waals surface area contributed by atoms with Gasteiger partial charge in [-0.15, -0.1) is 0 Å². The fraction of sp³-hybridized carbons (Fsp3) is 0.647. The van der Waals surface area contributed by atoms with Gasteiger partial charge in [-0.25, -0.2) is 0 Å². The van der Waals surface area contributed by atoms with Gasteiger partial charge in [-0.1, -0.05) is 19.9 Å². The Morgan fingerprint density at radius 1 is 1.14 bits per heavy atom. The summed E-state index contributed by atoms with van der Waals surface area (Å²) in [4.78, 5) is 2.41. The van der Waals surface area contributed by atoms with E-state index in [4.69, 9.17) is 9.47 Å². The first kappa shape index (κ1) is 17.8. The van der Waals surface area contributed by atoms with Gasteiger partial charge in [-0.05, 0) is 44.6 Å². The Balaban J connectivity index is 2.49. The smallest absolute Gasteiger partial charge is 0.161 e. The largest absolute Gasteiger partial charge is 0.493 e. The Hall–Kier alpha value is -1.26. The molecule has 120 valence electrons. The quantitative estimate of drug-likeness (QED) is 0.673. The van der Waals surface area contributed by atoms with E-state index in [1.165, 1.54) is 5.56 Å². The van der Waals surface area contributed by atoms with Gasteiger partial charge in [-0.2, -0.15) is 0 Å². The Kier molecular flexibility index (Phi) is 8.16. The summed E-state index contributed by atoms with van der Waals surface area (Å²) in [5, 5.41) is 3.47. The van der Waals surface area contributed by atoms with Crippen molar-refractivity contribution in [3.63, 3.8) is 0 Å². The summed E-state index contributed by atoms with van der Waals surface area (Å²) >= 11 is 0. The van der Waals surface area contributed by atoms with Crippen LogP contribution in [0.1, 0.15) is 33.3 Å². The normalized spacial score (nSPS) is 11.2. The molecule has 0 aliphatic carbocycles. The Morgan fingerprint density at radius 3 is 2.43 bits per heavy atom. The van der Waals surface area contributed by atoms with Gasteiger partial charge in [0.2, 0.25) is 0 Å². The lowest BCUT2D eigenvalue weighted by atomic mass is 10.2. The van der Waals surface area contributed by atoms with Crippen molar-refractivity contribution >= 4 is 0 Å². The van der Waals surface area contributed by atoms with Crippen molar-refractivity contribution in [2.75, 3.05) is 33.3 Å². The van der Waals surface area contributed by atoms with E-state index < -0.39 is 0 Å². The second-order valence-electron chi connectivity index (χ2n) is 5.36. The van der Waals surface area contributed by atoms with Crippen molar-refractivity contribution in [3.8, 4) is 11.5 Å². The summed E-state index contributed by atoms with van der Waals surface area (Å²) in [5.74, 6) is 1.60. The van der Waals surface area contributed by atoms with E-state index in [-0.39, 0.29) is 6.10 Å². The molecule has 1 aromatic rings. The molecule has 0 fully saturated rings. The average molecular weight is 294 g/mol. The maximum Gasteiger partial charge on any atom is 0.161 e. The van der Waals surface area contributed by atoms with Gasteiger partial charge in [0.15, 0.2) is 11.5 Å². The van der Waals surface area contributed by atoms with Gasteiger partial charge in [0.1, 0.15) is 0 Å². The Labute approximate surface area is 129 Å². The number of benzene rings is 1. The van der Waals surface area contributed by atoms with Crippen molar-refractivity contribution in [2.45, 2.75) is 40.3 Å². The first-order valence-corrected chi connectivity index (χ1v) is 7.87. The molecule has 0 radical (unpaired) electrons. The molecule has 1 aromatic carbocycles. The zero-order valence-electron chi connectivity index (χ0n) is 14.1. The first-order chi connectivity index (χ1) is 10.1. The number of nitrogens with zero attached hydrogens (tertiary/aromatic N) is 1. The van der Waals surface area contributed by atoms with Gasteiger partial charge < -0.3 is 19.7 Å². The minimum atomic E-state index is 0.150. The van der Waals surface area contributed by atoms with Crippen molar-refractivity contribution in [1.29, 1.82) is 0 Å². The molecule has 1 N–H and O–H groups in total. The molecule has 0 unspecified atom stereocenters. The third kappa shape index (κ3) is 6.36. The van der Waals surface area contributed by atoms with Crippen LogP contribution in [0.3, 0.4) is 0 Å². The Morgan fingerprint density at radius 2 is 1.86 bits per heavy atom. The third-order valence-electron chi connectivity index (χ3n) is 3.42. The van der Waals surface area contributed by atoms with Crippen LogP contribution in [0.25, 0.3) is 0 Å². The zero-order valence-corrected chi connectivity index (χ0v) is 14.1. The van der Waals surface area contributed by atoms with E-state index in [0.29, 0.717) is 0 Å². The molecule has 0 aliphatic heterocycles. The lowest BCUT2D eigenvalue weighted by Crippen LogP contribution is -2.31. The van der Waals surface area contributed by atoms with E-state index in [1.807, 2.05) is 26.0 Å². The van der Waals surface area contributed by atoms with Crippen LogP contribution in [0.15, 0.2) is 18.2 Å². The van der Waals surface area contributed by atoms with Crippen LogP contribution in [0.2, 0.25) is 0 Å². The number of methoxy groups -OCH3 is 1. The van der Waals surface area contributed by atoms with Gasteiger partial charge >= 0.3 is 0 Å². The summed E-state index contributed by atoms with van der Waals surface area (Å²) in [6.07, 6.45) is 0.150. The maximum atomic E-state index is 5.73. The predicted octanol–water partition coefficient (Wildman–Crippen LogP) is 2.91. The van der Waals surface area contributed by atoms with E-state index in [9.17, 15) is 0 Å².